The lowest BCUT2D eigenvalue weighted by Crippen LogP contribution is -2.18. The fraction of sp³-hybridized carbons (Fsp3) is 0.200. The highest BCUT2D eigenvalue weighted by Gasteiger charge is 2.24. The highest BCUT2D eigenvalue weighted by Crippen LogP contribution is 2.40. The van der Waals surface area contributed by atoms with E-state index in [1.807, 2.05) is 13.8 Å². The summed E-state index contributed by atoms with van der Waals surface area (Å²) in [6, 6.07) is 12.6. The summed E-state index contributed by atoms with van der Waals surface area (Å²) in [4.78, 5) is 35.2. The first-order chi connectivity index (χ1) is 11.4. The molecule has 4 N–H and O–H groups in total. The number of hydrogen-bond acceptors (Lipinski definition) is 4. The Kier molecular flexibility index (Phi) is 5.44. The van der Waals surface area contributed by atoms with Crippen LogP contribution < -0.4 is 9.05 Å². The lowest BCUT2D eigenvalue weighted by molar-refractivity contribution is 0.281. The van der Waals surface area contributed by atoms with Crippen molar-refractivity contribution in [2.75, 3.05) is 0 Å². The molecule has 8 nitrogen and oxygen atoms in total. The number of hydrogen-bond donors (Lipinski definition) is 4. The molecule has 25 heavy (non-hydrogen) atoms. The second-order valence-electron chi connectivity index (χ2n) is 5.84. The van der Waals surface area contributed by atoms with Crippen molar-refractivity contribution in [3.05, 3.63) is 59.7 Å². The van der Waals surface area contributed by atoms with Crippen LogP contribution in [0, 0.1) is 0 Å². The summed E-state index contributed by atoms with van der Waals surface area (Å²) in [6.45, 7) is 3.87. The molecular formula is C15H18O8P2. The highest BCUT2D eigenvalue weighted by molar-refractivity contribution is 7.47. The van der Waals surface area contributed by atoms with E-state index < -0.39 is 21.1 Å². The van der Waals surface area contributed by atoms with Crippen LogP contribution in [0.15, 0.2) is 48.5 Å². The third kappa shape index (κ3) is 5.68. The second-order valence-corrected chi connectivity index (χ2v) is 8.16. The molecule has 0 radical (unpaired) electrons. The Morgan fingerprint density at radius 1 is 0.680 bits per heavy atom. The van der Waals surface area contributed by atoms with Gasteiger partial charge in [-0.15, -0.1) is 0 Å². The molecular weight excluding hydrogens is 370 g/mol. The molecule has 0 unspecified atom stereocenters. The van der Waals surface area contributed by atoms with Gasteiger partial charge in [0.2, 0.25) is 0 Å². The molecule has 0 saturated carbocycles. The first kappa shape index (κ1) is 19.7. The van der Waals surface area contributed by atoms with Gasteiger partial charge in [-0.1, -0.05) is 38.1 Å². The summed E-state index contributed by atoms with van der Waals surface area (Å²) in [5, 5.41) is 0. The monoisotopic (exact) mass is 388 g/mol. The van der Waals surface area contributed by atoms with Crippen LogP contribution in [0.3, 0.4) is 0 Å². The van der Waals surface area contributed by atoms with Gasteiger partial charge in [-0.3, -0.25) is 19.6 Å². The van der Waals surface area contributed by atoms with Gasteiger partial charge in [-0.2, -0.15) is 0 Å². The van der Waals surface area contributed by atoms with Gasteiger partial charge in [0.25, 0.3) is 0 Å². The molecule has 0 aliphatic heterocycles. The predicted octanol–water partition coefficient (Wildman–Crippen LogP) is 2.96. The number of phosphoric acid groups is 2. The van der Waals surface area contributed by atoms with E-state index in [1.165, 1.54) is 24.3 Å². The first-order valence-electron chi connectivity index (χ1n) is 7.08. The van der Waals surface area contributed by atoms with Crippen LogP contribution in [-0.2, 0) is 14.5 Å². The summed E-state index contributed by atoms with van der Waals surface area (Å²) in [5.41, 5.74) is 1.24. The second kappa shape index (κ2) is 6.92. The molecule has 0 heterocycles. The first-order valence-corrected chi connectivity index (χ1v) is 10.1. The SMILES string of the molecule is CC(C)(c1ccc(OP(=O)(O)O)cc1)c1ccc(OP(=O)(O)O)cc1. The van der Waals surface area contributed by atoms with Gasteiger partial charge in [0.1, 0.15) is 11.5 Å². The fourth-order valence-corrected chi connectivity index (χ4v) is 3.10. The zero-order chi connectivity index (χ0) is 18.9. The molecule has 0 atom stereocenters. The standard InChI is InChI=1S/C15H18O8P2/c1-15(2,11-3-7-13(8-4-11)22-24(16,17)18)12-5-9-14(10-6-12)23-25(19,20)21/h3-10H,1-2H3,(H2,16,17,18)(H2,19,20,21). The zero-order valence-electron chi connectivity index (χ0n) is 13.4. The number of phosphoric ester groups is 2. The Morgan fingerprint density at radius 3 is 1.20 bits per heavy atom. The van der Waals surface area contributed by atoms with Crippen molar-refractivity contribution in [1.82, 2.24) is 0 Å². The van der Waals surface area contributed by atoms with Crippen LogP contribution >= 0.6 is 15.6 Å². The van der Waals surface area contributed by atoms with Crippen molar-refractivity contribution >= 4 is 15.6 Å². The van der Waals surface area contributed by atoms with Crippen LogP contribution in [-0.4, -0.2) is 19.6 Å². The third-order valence-corrected chi connectivity index (χ3v) is 4.50. The van der Waals surface area contributed by atoms with Crippen LogP contribution in [0.4, 0.5) is 0 Å². The van der Waals surface area contributed by atoms with Crippen LogP contribution in [0.1, 0.15) is 25.0 Å². The van der Waals surface area contributed by atoms with Crippen LogP contribution in [0.5, 0.6) is 11.5 Å². The Labute approximate surface area is 144 Å². The number of rotatable bonds is 6. The average Bonchev–Trinajstić information content (AvgIpc) is 2.45. The van der Waals surface area contributed by atoms with E-state index in [9.17, 15) is 9.13 Å². The van der Waals surface area contributed by atoms with Crippen molar-refractivity contribution in [2.24, 2.45) is 0 Å². The summed E-state index contributed by atoms with van der Waals surface area (Å²) in [6.07, 6.45) is 0. The van der Waals surface area contributed by atoms with E-state index in [4.69, 9.17) is 19.6 Å². The fourth-order valence-electron chi connectivity index (χ4n) is 2.31. The molecule has 136 valence electrons. The minimum absolute atomic E-state index is 0.0540. The maximum atomic E-state index is 10.8. The van der Waals surface area contributed by atoms with Gasteiger partial charge in [0.15, 0.2) is 0 Å². The van der Waals surface area contributed by atoms with Crippen molar-refractivity contribution < 1.29 is 37.8 Å². The molecule has 0 bridgehead atoms. The minimum Gasteiger partial charge on any atom is -0.404 e. The van der Waals surface area contributed by atoms with E-state index in [0.717, 1.165) is 11.1 Å². The summed E-state index contributed by atoms with van der Waals surface area (Å²) in [7, 11) is -9.20. The maximum Gasteiger partial charge on any atom is 0.524 e. The number of benzene rings is 2. The topological polar surface area (TPSA) is 134 Å². The molecule has 2 aromatic rings. The lowest BCUT2D eigenvalue weighted by Gasteiger charge is -2.26. The summed E-state index contributed by atoms with van der Waals surface area (Å²) < 4.78 is 30.7. The smallest absolute Gasteiger partial charge is 0.404 e. The minimum atomic E-state index is -4.60. The normalized spacial score (nSPS) is 12.7. The summed E-state index contributed by atoms with van der Waals surface area (Å²) in [5.74, 6) is 0.108. The van der Waals surface area contributed by atoms with Gasteiger partial charge in [-0.25, -0.2) is 9.13 Å². The van der Waals surface area contributed by atoms with Crippen LogP contribution in [0.25, 0.3) is 0 Å². The largest absolute Gasteiger partial charge is 0.524 e. The molecule has 0 aromatic heterocycles. The van der Waals surface area contributed by atoms with E-state index in [1.54, 1.807) is 24.3 Å². The van der Waals surface area contributed by atoms with Gasteiger partial charge >= 0.3 is 15.6 Å². The van der Waals surface area contributed by atoms with Crippen molar-refractivity contribution in [1.29, 1.82) is 0 Å². The quantitative estimate of drug-likeness (QED) is 0.555. The molecule has 0 amide bonds. The van der Waals surface area contributed by atoms with E-state index in [-0.39, 0.29) is 11.5 Å². The van der Waals surface area contributed by atoms with Gasteiger partial charge < -0.3 is 9.05 Å². The average molecular weight is 388 g/mol. The predicted molar refractivity (Wildman–Crippen MR) is 90.4 cm³/mol. The molecule has 2 aromatic carbocycles. The summed E-state index contributed by atoms with van der Waals surface area (Å²) >= 11 is 0. The van der Waals surface area contributed by atoms with Crippen molar-refractivity contribution in [2.45, 2.75) is 19.3 Å². The van der Waals surface area contributed by atoms with Crippen LogP contribution in [0.2, 0.25) is 0 Å². The molecule has 0 saturated heterocycles. The van der Waals surface area contributed by atoms with Crippen molar-refractivity contribution in [3.63, 3.8) is 0 Å². The molecule has 2 rings (SSSR count). The van der Waals surface area contributed by atoms with E-state index in [0.29, 0.717) is 0 Å². The van der Waals surface area contributed by atoms with Gasteiger partial charge in [-0.05, 0) is 35.4 Å². The molecule has 0 spiro atoms. The molecule has 0 aliphatic rings. The Balaban J connectivity index is 2.23. The van der Waals surface area contributed by atoms with Crippen molar-refractivity contribution in [3.8, 4) is 11.5 Å². The highest BCUT2D eigenvalue weighted by atomic mass is 31.2. The third-order valence-electron chi connectivity index (χ3n) is 3.60. The Hall–Kier alpha value is -1.66. The lowest BCUT2D eigenvalue weighted by atomic mass is 9.78. The molecule has 0 fully saturated rings. The Bertz CT molecular complexity index is 748. The zero-order valence-corrected chi connectivity index (χ0v) is 15.2. The maximum absolute atomic E-state index is 10.8. The van der Waals surface area contributed by atoms with E-state index in [2.05, 4.69) is 9.05 Å². The Morgan fingerprint density at radius 2 is 0.960 bits per heavy atom. The molecule has 0 aliphatic carbocycles. The molecule has 10 heteroatoms. The van der Waals surface area contributed by atoms with E-state index >= 15 is 0 Å². The van der Waals surface area contributed by atoms with Gasteiger partial charge in [0, 0.05) is 5.41 Å². The van der Waals surface area contributed by atoms with Gasteiger partial charge in [0.05, 0.1) is 0 Å².